The summed E-state index contributed by atoms with van der Waals surface area (Å²) >= 11 is 1.04. The van der Waals surface area contributed by atoms with Crippen LogP contribution in [0.5, 0.6) is 0 Å². The molecule has 1 aromatic heterocycles. The van der Waals surface area contributed by atoms with Crippen LogP contribution in [0.3, 0.4) is 0 Å². The number of anilines is 1. The van der Waals surface area contributed by atoms with Crippen LogP contribution in [0.4, 0.5) is 5.00 Å². The van der Waals surface area contributed by atoms with Crippen LogP contribution in [0.1, 0.15) is 41.7 Å². The molecule has 110 valence electrons. The lowest BCUT2D eigenvalue weighted by molar-refractivity contribution is -0.123. The fourth-order valence-corrected chi connectivity index (χ4v) is 3.50. The van der Waals surface area contributed by atoms with E-state index in [-0.39, 0.29) is 23.4 Å². The Morgan fingerprint density at radius 2 is 2.05 bits per heavy atom. The van der Waals surface area contributed by atoms with Gasteiger partial charge >= 0.3 is 5.97 Å². The van der Waals surface area contributed by atoms with Crippen molar-refractivity contribution < 1.29 is 14.7 Å². The number of nitrogens with zero attached hydrogens (tertiary/aromatic N) is 2. The maximum Gasteiger partial charge on any atom is 0.340 e. The molecule has 1 saturated carbocycles. The summed E-state index contributed by atoms with van der Waals surface area (Å²) in [7, 11) is 1.60. The zero-order chi connectivity index (χ0) is 14.9. The Morgan fingerprint density at radius 3 is 2.65 bits per heavy atom. The summed E-state index contributed by atoms with van der Waals surface area (Å²) in [5.74, 6) is -1.39. The molecule has 7 heteroatoms. The van der Waals surface area contributed by atoms with Gasteiger partial charge in [0.25, 0.3) is 0 Å². The number of amides is 1. The Bertz CT molecular complexity index is 529. The smallest absolute Gasteiger partial charge is 0.340 e. The van der Waals surface area contributed by atoms with E-state index in [1.165, 1.54) is 4.90 Å². The minimum Gasteiger partial charge on any atom is -0.478 e. The van der Waals surface area contributed by atoms with Crippen molar-refractivity contribution in [1.82, 2.24) is 4.37 Å². The molecule has 6 nitrogen and oxygen atoms in total. The highest BCUT2D eigenvalue weighted by Crippen LogP contribution is 2.31. The van der Waals surface area contributed by atoms with Crippen LogP contribution in [0.15, 0.2) is 0 Å². The molecule has 0 aliphatic heterocycles. The largest absolute Gasteiger partial charge is 0.478 e. The minimum atomic E-state index is -1.06. The summed E-state index contributed by atoms with van der Waals surface area (Å²) < 4.78 is 4.04. The molecule has 2 atom stereocenters. The van der Waals surface area contributed by atoms with Crippen LogP contribution in [0.25, 0.3) is 0 Å². The second-order valence-electron chi connectivity index (χ2n) is 5.21. The van der Waals surface area contributed by atoms with E-state index in [9.17, 15) is 14.7 Å². The molecule has 1 aliphatic rings. The highest BCUT2D eigenvalue weighted by Gasteiger charge is 2.33. The SMILES string of the molecule is Cc1nsc(N(C)C(=O)C2CCCCC2N)c1C(=O)O. The Balaban J connectivity index is 2.24. The van der Waals surface area contributed by atoms with Crippen molar-refractivity contribution in [3.05, 3.63) is 11.3 Å². The summed E-state index contributed by atoms with van der Waals surface area (Å²) in [4.78, 5) is 25.2. The third-order valence-electron chi connectivity index (χ3n) is 3.83. The van der Waals surface area contributed by atoms with Gasteiger partial charge in [0.1, 0.15) is 10.6 Å². The summed E-state index contributed by atoms with van der Waals surface area (Å²) in [5.41, 5.74) is 6.56. The van der Waals surface area contributed by atoms with Gasteiger partial charge in [-0.3, -0.25) is 4.79 Å². The molecule has 0 aromatic carbocycles. The average molecular weight is 297 g/mol. The van der Waals surface area contributed by atoms with Crippen LogP contribution in [0.2, 0.25) is 0 Å². The quantitative estimate of drug-likeness (QED) is 0.884. The lowest BCUT2D eigenvalue weighted by atomic mass is 9.84. The first kappa shape index (κ1) is 14.9. The van der Waals surface area contributed by atoms with Crippen LogP contribution < -0.4 is 10.6 Å². The van der Waals surface area contributed by atoms with Crippen molar-refractivity contribution in [2.75, 3.05) is 11.9 Å². The van der Waals surface area contributed by atoms with Gasteiger partial charge in [0, 0.05) is 13.1 Å². The van der Waals surface area contributed by atoms with Crippen LogP contribution in [-0.4, -0.2) is 34.4 Å². The zero-order valence-electron chi connectivity index (χ0n) is 11.6. The first-order chi connectivity index (χ1) is 9.43. The number of carbonyl (C=O) groups excluding carboxylic acids is 1. The number of carboxylic acid groups (broad SMARTS) is 1. The number of nitrogens with two attached hydrogens (primary N) is 1. The Hall–Kier alpha value is -1.47. The predicted octanol–water partition coefficient (Wildman–Crippen LogP) is 1.63. The zero-order valence-corrected chi connectivity index (χ0v) is 12.4. The van der Waals surface area contributed by atoms with E-state index in [1.807, 2.05) is 0 Å². The van der Waals surface area contributed by atoms with E-state index in [2.05, 4.69) is 4.37 Å². The molecular weight excluding hydrogens is 278 g/mol. The van der Waals surface area contributed by atoms with Crippen molar-refractivity contribution in [2.45, 2.75) is 38.6 Å². The molecule has 1 amide bonds. The number of aromatic nitrogens is 1. The van der Waals surface area contributed by atoms with E-state index >= 15 is 0 Å². The minimum absolute atomic E-state index is 0.107. The summed E-state index contributed by atoms with van der Waals surface area (Å²) in [6, 6.07) is -0.138. The van der Waals surface area contributed by atoms with Gasteiger partial charge in [-0.05, 0) is 31.3 Å². The maximum atomic E-state index is 12.5. The Morgan fingerprint density at radius 1 is 1.40 bits per heavy atom. The molecule has 1 fully saturated rings. The van der Waals surface area contributed by atoms with Crippen molar-refractivity contribution in [3.8, 4) is 0 Å². The highest BCUT2D eigenvalue weighted by molar-refractivity contribution is 7.11. The summed E-state index contributed by atoms with van der Waals surface area (Å²) in [6.07, 6.45) is 3.66. The summed E-state index contributed by atoms with van der Waals surface area (Å²) in [5, 5.41) is 9.62. The topological polar surface area (TPSA) is 96.5 Å². The molecule has 1 aliphatic carbocycles. The second kappa shape index (κ2) is 5.88. The Kier molecular flexibility index (Phi) is 4.39. The molecule has 20 heavy (non-hydrogen) atoms. The fraction of sp³-hybridized carbons (Fsp3) is 0.615. The molecular formula is C13H19N3O3S. The van der Waals surface area contributed by atoms with E-state index < -0.39 is 5.97 Å². The molecule has 1 heterocycles. The van der Waals surface area contributed by atoms with Gasteiger partial charge in [-0.2, -0.15) is 4.37 Å². The fourth-order valence-electron chi connectivity index (χ4n) is 2.65. The van der Waals surface area contributed by atoms with Gasteiger partial charge in [0.05, 0.1) is 11.6 Å². The van der Waals surface area contributed by atoms with Gasteiger partial charge in [-0.25, -0.2) is 4.79 Å². The number of carboxylic acids is 1. The summed E-state index contributed by atoms with van der Waals surface area (Å²) in [6.45, 7) is 1.63. The highest BCUT2D eigenvalue weighted by atomic mass is 32.1. The third-order valence-corrected chi connectivity index (χ3v) is 4.85. The molecule has 3 N–H and O–H groups in total. The molecule has 1 aromatic rings. The first-order valence-corrected chi connectivity index (χ1v) is 7.43. The molecule has 0 saturated heterocycles. The molecule has 2 rings (SSSR count). The van der Waals surface area contributed by atoms with Gasteiger partial charge in [-0.15, -0.1) is 0 Å². The van der Waals surface area contributed by atoms with Crippen LogP contribution >= 0.6 is 11.5 Å². The monoisotopic (exact) mass is 297 g/mol. The van der Waals surface area contributed by atoms with Gasteiger partial charge in [0.15, 0.2) is 0 Å². The normalized spacial score (nSPS) is 22.6. The molecule has 0 bridgehead atoms. The maximum absolute atomic E-state index is 12.5. The predicted molar refractivity (Wildman–Crippen MR) is 77.2 cm³/mol. The second-order valence-corrected chi connectivity index (χ2v) is 5.96. The standard InChI is InChI=1S/C13H19N3O3S/c1-7-10(13(18)19)12(20-15-7)16(2)11(17)8-5-3-4-6-9(8)14/h8-9H,3-6,14H2,1-2H3,(H,18,19). The third kappa shape index (κ3) is 2.69. The molecule has 2 unspecified atom stereocenters. The van der Waals surface area contributed by atoms with Gasteiger partial charge in [-0.1, -0.05) is 12.8 Å². The van der Waals surface area contributed by atoms with E-state index in [0.717, 1.165) is 37.2 Å². The van der Waals surface area contributed by atoms with Crippen molar-refractivity contribution in [1.29, 1.82) is 0 Å². The average Bonchev–Trinajstić information content (AvgIpc) is 2.79. The first-order valence-electron chi connectivity index (χ1n) is 6.66. The van der Waals surface area contributed by atoms with E-state index in [4.69, 9.17) is 5.73 Å². The van der Waals surface area contributed by atoms with Crippen LogP contribution in [-0.2, 0) is 4.79 Å². The van der Waals surface area contributed by atoms with E-state index in [1.54, 1.807) is 14.0 Å². The lowest BCUT2D eigenvalue weighted by Gasteiger charge is -2.30. The van der Waals surface area contributed by atoms with Crippen molar-refractivity contribution >= 4 is 28.4 Å². The number of aryl methyl sites for hydroxylation is 1. The van der Waals surface area contributed by atoms with Gasteiger partial charge in [0.2, 0.25) is 5.91 Å². The lowest BCUT2D eigenvalue weighted by Crippen LogP contribution is -2.44. The number of rotatable bonds is 3. The molecule has 0 spiro atoms. The van der Waals surface area contributed by atoms with Crippen LogP contribution in [0, 0.1) is 12.8 Å². The van der Waals surface area contributed by atoms with Gasteiger partial charge < -0.3 is 15.7 Å². The number of aromatic carboxylic acids is 1. The molecule has 0 radical (unpaired) electrons. The number of hydrogen-bond acceptors (Lipinski definition) is 5. The number of hydrogen-bond donors (Lipinski definition) is 2. The number of carbonyl (C=O) groups is 2. The van der Waals surface area contributed by atoms with E-state index in [0.29, 0.717) is 10.7 Å². The Labute approximate surface area is 121 Å². The van der Waals surface area contributed by atoms with Crippen molar-refractivity contribution in [2.24, 2.45) is 11.7 Å². The van der Waals surface area contributed by atoms with Crippen molar-refractivity contribution in [3.63, 3.8) is 0 Å².